The van der Waals surface area contributed by atoms with Crippen LogP contribution in [0.5, 0.6) is 0 Å². The van der Waals surface area contributed by atoms with Crippen molar-refractivity contribution >= 4 is 51.6 Å². The second-order valence-electron chi connectivity index (χ2n) is 6.74. The van der Waals surface area contributed by atoms with Crippen LogP contribution in [-0.2, 0) is 12.8 Å². The molecule has 0 atom stereocenters. The van der Waals surface area contributed by atoms with Crippen LogP contribution in [-0.4, -0.2) is 15.3 Å². The van der Waals surface area contributed by atoms with Crippen LogP contribution in [0.25, 0.3) is 10.9 Å². The molecule has 0 spiro atoms. The minimum atomic E-state index is -0.131. The van der Waals surface area contributed by atoms with Gasteiger partial charge in [-0.05, 0) is 48.0 Å². The highest BCUT2D eigenvalue weighted by atomic mass is 35.5. The molecule has 0 unspecified atom stereocenters. The maximum atomic E-state index is 12.6. The molecular formula is C23H16Cl2N2O2S. The molecule has 0 saturated carbocycles. The first-order chi connectivity index (χ1) is 14.4. The summed E-state index contributed by atoms with van der Waals surface area (Å²) >= 11 is 13.3. The number of aromatic nitrogens is 2. The standard InChI is InChI=1S/C23H16Cl2N2O2S/c1-27-22(29)19-12-18(25)10-11-20(19)26-23(27)30-13-14-2-4-15(5-3-14)21(28)16-6-8-17(24)9-7-16/h2-12H,13H2,1H3. The van der Waals surface area contributed by atoms with E-state index >= 15 is 0 Å². The first kappa shape index (κ1) is 20.7. The van der Waals surface area contributed by atoms with E-state index in [4.69, 9.17) is 23.2 Å². The van der Waals surface area contributed by atoms with E-state index in [1.165, 1.54) is 16.3 Å². The molecule has 4 nitrogen and oxygen atoms in total. The van der Waals surface area contributed by atoms with Crippen LogP contribution in [0.3, 0.4) is 0 Å². The van der Waals surface area contributed by atoms with Gasteiger partial charge < -0.3 is 0 Å². The normalized spacial score (nSPS) is 11.0. The molecule has 7 heteroatoms. The summed E-state index contributed by atoms with van der Waals surface area (Å²) in [7, 11) is 1.70. The smallest absolute Gasteiger partial charge is 0.261 e. The molecule has 150 valence electrons. The Morgan fingerprint density at radius 2 is 1.53 bits per heavy atom. The van der Waals surface area contributed by atoms with Crippen molar-refractivity contribution in [1.29, 1.82) is 0 Å². The highest BCUT2D eigenvalue weighted by Gasteiger charge is 2.11. The van der Waals surface area contributed by atoms with E-state index in [0.29, 0.717) is 43.0 Å². The Kier molecular flexibility index (Phi) is 5.95. The third-order valence-electron chi connectivity index (χ3n) is 4.69. The SMILES string of the molecule is Cn1c(SCc2ccc(C(=O)c3ccc(Cl)cc3)cc2)nc2ccc(Cl)cc2c1=O. The number of carbonyl (C=O) groups excluding carboxylic acids is 1. The number of hydrogen-bond donors (Lipinski definition) is 0. The molecule has 4 rings (SSSR count). The van der Waals surface area contributed by atoms with Gasteiger partial charge in [0.1, 0.15) is 0 Å². The lowest BCUT2D eigenvalue weighted by atomic mass is 10.0. The fraction of sp³-hybridized carbons (Fsp3) is 0.0870. The molecule has 0 aliphatic carbocycles. The number of hydrogen-bond acceptors (Lipinski definition) is 4. The summed E-state index contributed by atoms with van der Waals surface area (Å²) < 4.78 is 1.53. The molecule has 0 amide bonds. The van der Waals surface area contributed by atoms with Gasteiger partial charge in [0.05, 0.1) is 10.9 Å². The molecule has 0 N–H and O–H groups in total. The Labute approximate surface area is 187 Å². The molecule has 0 bridgehead atoms. The third kappa shape index (κ3) is 4.29. The first-order valence-corrected chi connectivity index (χ1v) is 10.8. The van der Waals surface area contributed by atoms with Crippen molar-refractivity contribution in [2.24, 2.45) is 7.05 Å². The van der Waals surface area contributed by atoms with E-state index in [-0.39, 0.29) is 11.3 Å². The van der Waals surface area contributed by atoms with E-state index in [1.54, 1.807) is 49.5 Å². The van der Waals surface area contributed by atoms with Crippen molar-refractivity contribution in [3.63, 3.8) is 0 Å². The van der Waals surface area contributed by atoms with Crippen molar-refractivity contribution in [2.75, 3.05) is 0 Å². The zero-order valence-electron chi connectivity index (χ0n) is 15.9. The lowest BCUT2D eigenvalue weighted by molar-refractivity contribution is 0.103. The fourth-order valence-corrected chi connectivity index (χ4v) is 4.25. The van der Waals surface area contributed by atoms with Gasteiger partial charge in [-0.3, -0.25) is 14.2 Å². The van der Waals surface area contributed by atoms with E-state index in [0.717, 1.165) is 5.56 Å². The topological polar surface area (TPSA) is 52.0 Å². The molecule has 0 saturated heterocycles. The van der Waals surface area contributed by atoms with Crippen molar-refractivity contribution < 1.29 is 4.79 Å². The van der Waals surface area contributed by atoms with Gasteiger partial charge in [-0.15, -0.1) is 0 Å². The molecule has 30 heavy (non-hydrogen) atoms. The number of rotatable bonds is 5. The van der Waals surface area contributed by atoms with Crippen molar-refractivity contribution in [3.8, 4) is 0 Å². The number of nitrogens with zero attached hydrogens (tertiary/aromatic N) is 2. The van der Waals surface area contributed by atoms with Crippen LogP contribution < -0.4 is 5.56 Å². The Morgan fingerprint density at radius 1 is 0.933 bits per heavy atom. The number of halogens is 2. The predicted octanol–water partition coefficient (Wildman–Crippen LogP) is 5.76. The Bertz CT molecular complexity index is 1300. The maximum absolute atomic E-state index is 12.6. The average Bonchev–Trinajstić information content (AvgIpc) is 2.76. The predicted molar refractivity (Wildman–Crippen MR) is 123 cm³/mol. The van der Waals surface area contributed by atoms with Gasteiger partial charge in [0.2, 0.25) is 0 Å². The Morgan fingerprint density at radius 3 is 2.20 bits per heavy atom. The van der Waals surface area contributed by atoms with Crippen LogP contribution in [0.4, 0.5) is 0 Å². The molecule has 0 fully saturated rings. The van der Waals surface area contributed by atoms with Gasteiger partial charge in [0.15, 0.2) is 10.9 Å². The Balaban J connectivity index is 1.51. The van der Waals surface area contributed by atoms with Gasteiger partial charge in [0.25, 0.3) is 5.56 Å². The van der Waals surface area contributed by atoms with E-state index in [9.17, 15) is 9.59 Å². The summed E-state index contributed by atoms with van der Waals surface area (Å²) in [5.74, 6) is 0.567. The summed E-state index contributed by atoms with van der Waals surface area (Å²) in [6.45, 7) is 0. The monoisotopic (exact) mass is 454 g/mol. The van der Waals surface area contributed by atoms with Crippen molar-refractivity contribution in [3.05, 3.63) is 104 Å². The van der Waals surface area contributed by atoms with Crippen LogP contribution >= 0.6 is 35.0 Å². The summed E-state index contributed by atoms with van der Waals surface area (Å²) in [6.07, 6.45) is 0. The number of benzene rings is 3. The molecule has 1 heterocycles. The van der Waals surface area contributed by atoms with Gasteiger partial charge in [-0.25, -0.2) is 4.98 Å². The first-order valence-electron chi connectivity index (χ1n) is 9.10. The number of thioether (sulfide) groups is 1. The number of fused-ring (bicyclic) bond motifs is 1. The summed E-state index contributed by atoms with van der Waals surface area (Å²) in [5.41, 5.74) is 2.72. The van der Waals surface area contributed by atoms with Crippen molar-refractivity contribution in [2.45, 2.75) is 10.9 Å². The zero-order valence-corrected chi connectivity index (χ0v) is 18.3. The molecular weight excluding hydrogens is 439 g/mol. The van der Waals surface area contributed by atoms with Gasteiger partial charge in [-0.2, -0.15) is 0 Å². The highest BCUT2D eigenvalue weighted by molar-refractivity contribution is 7.98. The fourth-order valence-electron chi connectivity index (χ4n) is 3.02. The number of carbonyl (C=O) groups is 1. The second kappa shape index (κ2) is 8.64. The minimum Gasteiger partial charge on any atom is -0.290 e. The molecule has 0 radical (unpaired) electrons. The summed E-state index contributed by atoms with van der Waals surface area (Å²) in [5, 5.41) is 2.23. The van der Waals surface area contributed by atoms with E-state index in [2.05, 4.69) is 4.98 Å². The maximum Gasteiger partial charge on any atom is 0.261 e. The summed E-state index contributed by atoms with van der Waals surface area (Å²) in [6, 6.07) is 19.4. The van der Waals surface area contributed by atoms with Gasteiger partial charge in [-0.1, -0.05) is 59.2 Å². The van der Waals surface area contributed by atoms with Crippen LogP contribution in [0.15, 0.2) is 76.7 Å². The third-order valence-corrected chi connectivity index (χ3v) is 6.28. The van der Waals surface area contributed by atoms with Crippen LogP contribution in [0.2, 0.25) is 10.0 Å². The zero-order chi connectivity index (χ0) is 21.3. The average molecular weight is 455 g/mol. The molecule has 4 aromatic rings. The lowest BCUT2D eigenvalue weighted by Gasteiger charge is -2.09. The van der Waals surface area contributed by atoms with Crippen LogP contribution in [0, 0.1) is 0 Å². The molecule has 1 aromatic heterocycles. The second-order valence-corrected chi connectivity index (χ2v) is 8.56. The summed E-state index contributed by atoms with van der Waals surface area (Å²) in [4.78, 5) is 29.8. The number of ketones is 1. The molecule has 3 aromatic carbocycles. The van der Waals surface area contributed by atoms with Gasteiger partial charge in [0, 0.05) is 34.0 Å². The molecule has 0 aliphatic rings. The minimum absolute atomic E-state index is 0.0527. The largest absolute Gasteiger partial charge is 0.290 e. The van der Waals surface area contributed by atoms with Crippen molar-refractivity contribution in [1.82, 2.24) is 9.55 Å². The lowest BCUT2D eigenvalue weighted by Crippen LogP contribution is -2.20. The van der Waals surface area contributed by atoms with Crippen LogP contribution in [0.1, 0.15) is 21.5 Å². The Hall–Kier alpha value is -2.60. The highest BCUT2D eigenvalue weighted by Crippen LogP contribution is 2.23. The van der Waals surface area contributed by atoms with Gasteiger partial charge >= 0.3 is 0 Å². The van der Waals surface area contributed by atoms with E-state index in [1.807, 2.05) is 24.3 Å². The molecule has 0 aliphatic heterocycles. The van der Waals surface area contributed by atoms with E-state index < -0.39 is 0 Å². The quantitative estimate of drug-likeness (QED) is 0.218.